The van der Waals surface area contributed by atoms with Crippen LogP contribution in [0.15, 0.2) is 18.2 Å². The first-order valence-electron chi connectivity index (χ1n) is 4.86. The van der Waals surface area contributed by atoms with E-state index in [4.69, 9.17) is 4.74 Å². The molecule has 0 radical (unpaired) electrons. The van der Waals surface area contributed by atoms with E-state index in [0.29, 0.717) is 13.0 Å². The van der Waals surface area contributed by atoms with E-state index in [9.17, 15) is 4.79 Å². The molecule has 0 saturated carbocycles. The highest BCUT2D eigenvalue weighted by Gasteiger charge is 2.17. The molecule has 1 aromatic carbocycles. The van der Waals surface area contributed by atoms with Crippen molar-refractivity contribution in [3.63, 3.8) is 0 Å². The van der Waals surface area contributed by atoms with Crippen LogP contribution in [-0.2, 0) is 11.2 Å². The van der Waals surface area contributed by atoms with Crippen LogP contribution in [0.25, 0.3) is 0 Å². The van der Waals surface area contributed by atoms with Crippen LogP contribution < -0.4 is 10.1 Å². The third-order valence-electron chi connectivity index (χ3n) is 2.30. The summed E-state index contributed by atoms with van der Waals surface area (Å²) < 4.78 is 5.44. The van der Waals surface area contributed by atoms with E-state index in [1.165, 1.54) is 0 Å². The fourth-order valence-electron chi connectivity index (χ4n) is 1.65. The average molecular weight is 191 g/mol. The van der Waals surface area contributed by atoms with Crippen LogP contribution in [0.2, 0.25) is 0 Å². The lowest BCUT2D eigenvalue weighted by Gasteiger charge is -2.19. The minimum atomic E-state index is 0.0738. The highest BCUT2D eigenvalue weighted by molar-refractivity contribution is 5.95. The Morgan fingerprint density at radius 1 is 1.43 bits per heavy atom. The van der Waals surface area contributed by atoms with Crippen LogP contribution in [0.3, 0.4) is 0 Å². The summed E-state index contributed by atoms with van der Waals surface area (Å²) in [5.41, 5.74) is 2.01. The van der Waals surface area contributed by atoms with E-state index < -0.39 is 0 Å². The Kier molecular flexibility index (Phi) is 2.39. The van der Waals surface area contributed by atoms with Gasteiger partial charge in [0.2, 0.25) is 5.91 Å². The smallest absolute Gasteiger partial charge is 0.224 e. The van der Waals surface area contributed by atoms with Gasteiger partial charge in [0.05, 0.1) is 12.3 Å². The Hall–Kier alpha value is -1.51. The summed E-state index contributed by atoms with van der Waals surface area (Å²) in [6.07, 6.45) is 1.38. The number of aryl methyl sites for hydroxylation is 1. The number of hydrogen-bond donors (Lipinski definition) is 1. The molecule has 0 aromatic heterocycles. The number of nitrogens with one attached hydrogen (secondary N) is 1. The molecule has 0 bridgehead atoms. The zero-order valence-electron chi connectivity index (χ0n) is 8.17. The lowest BCUT2D eigenvalue weighted by Crippen LogP contribution is -2.19. The SMILES string of the molecule is CCOc1cccc2c1NC(=O)CC2. The van der Waals surface area contributed by atoms with Gasteiger partial charge in [0.25, 0.3) is 0 Å². The minimum absolute atomic E-state index is 0.0738. The molecule has 0 saturated heterocycles. The molecule has 1 aromatic rings. The minimum Gasteiger partial charge on any atom is -0.492 e. The molecule has 0 unspecified atom stereocenters. The average Bonchev–Trinajstić information content (AvgIpc) is 2.19. The second kappa shape index (κ2) is 3.70. The second-order valence-electron chi connectivity index (χ2n) is 3.27. The predicted molar refractivity (Wildman–Crippen MR) is 54.6 cm³/mol. The van der Waals surface area contributed by atoms with Crippen LogP contribution in [0.5, 0.6) is 5.75 Å². The summed E-state index contributed by atoms with van der Waals surface area (Å²) in [6, 6.07) is 5.87. The summed E-state index contributed by atoms with van der Waals surface area (Å²) in [5, 5.41) is 2.85. The van der Waals surface area contributed by atoms with E-state index >= 15 is 0 Å². The molecule has 1 heterocycles. The van der Waals surface area contributed by atoms with Crippen molar-refractivity contribution in [1.29, 1.82) is 0 Å². The topological polar surface area (TPSA) is 38.3 Å². The van der Waals surface area contributed by atoms with Crippen LogP contribution in [0.1, 0.15) is 18.9 Å². The number of hydrogen-bond acceptors (Lipinski definition) is 2. The predicted octanol–water partition coefficient (Wildman–Crippen LogP) is 1.97. The van der Waals surface area contributed by atoms with Crippen molar-refractivity contribution in [1.82, 2.24) is 0 Å². The molecule has 1 aliphatic rings. The van der Waals surface area contributed by atoms with Gasteiger partial charge >= 0.3 is 0 Å². The Balaban J connectivity index is 2.38. The zero-order chi connectivity index (χ0) is 9.97. The largest absolute Gasteiger partial charge is 0.492 e. The maximum atomic E-state index is 11.2. The third-order valence-corrected chi connectivity index (χ3v) is 2.30. The lowest BCUT2D eigenvalue weighted by atomic mass is 10.0. The number of fused-ring (bicyclic) bond motifs is 1. The molecule has 0 aliphatic carbocycles. The van der Waals surface area contributed by atoms with Crippen LogP contribution in [0, 0.1) is 0 Å². The first-order chi connectivity index (χ1) is 6.81. The molecule has 0 fully saturated rings. The number of rotatable bonds is 2. The van der Waals surface area contributed by atoms with E-state index in [-0.39, 0.29) is 5.91 Å². The molecular formula is C11H13NO2. The van der Waals surface area contributed by atoms with Crippen molar-refractivity contribution in [2.75, 3.05) is 11.9 Å². The van der Waals surface area contributed by atoms with Gasteiger partial charge in [-0.1, -0.05) is 12.1 Å². The fraction of sp³-hybridized carbons (Fsp3) is 0.364. The maximum absolute atomic E-state index is 11.2. The van der Waals surface area contributed by atoms with Gasteiger partial charge in [-0.05, 0) is 25.0 Å². The van der Waals surface area contributed by atoms with Crippen molar-refractivity contribution in [2.45, 2.75) is 19.8 Å². The number of ether oxygens (including phenoxy) is 1. The molecule has 74 valence electrons. The van der Waals surface area contributed by atoms with Crippen molar-refractivity contribution >= 4 is 11.6 Å². The molecule has 1 amide bonds. The van der Waals surface area contributed by atoms with Crippen molar-refractivity contribution in [3.05, 3.63) is 23.8 Å². The first kappa shape index (κ1) is 9.06. The van der Waals surface area contributed by atoms with Gasteiger partial charge in [-0.2, -0.15) is 0 Å². The molecule has 0 atom stereocenters. The van der Waals surface area contributed by atoms with Gasteiger partial charge in [0, 0.05) is 6.42 Å². The Morgan fingerprint density at radius 2 is 2.29 bits per heavy atom. The standard InChI is InChI=1S/C11H13NO2/c1-2-14-9-5-3-4-8-6-7-10(13)12-11(8)9/h3-5H,2,6-7H2,1H3,(H,12,13). The fourth-order valence-corrected chi connectivity index (χ4v) is 1.65. The molecule has 0 spiro atoms. The first-order valence-corrected chi connectivity index (χ1v) is 4.86. The van der Waals surface area contributed by atoms with E-state index in [1.807, 2.05) is 25.1 Å². The number of benzene rings is 1. The Bertz CT molecular complexity index is 360. The van der Waals surface area contributed by atoms with Gasteiger partial charge in [0.15, 0.2) is 0 Å². The molecule has 1 N–H and O–H groups in total. The van der Waals surface area contributed by atoms with Gasteiger partial charge in [0.1, 0.15) is 5.75 Å². The van der Waals surface area contributed by atoms with Crippen LogP contribution in [-0.4, -0.2) is 12.5 Å². The maximum Gasteiger partial charge on any atom is 0.224 e. The van der Waals surface area contributed by atoms with E-state index in [0.717, 1.165) is 23.4 Å². The monoisotopic (exact) mass is 191 g/mol. The molecule has 3 heteroatoms. The number of carbonyl (C=O) groups excluding carboxylic acids is 1. The summed E-state index contributed by atoms with van der Waals surface area (Å²) in [7, 11) is 0. The third kappa shape index (κ3) is 1.58. The molecule has 2 rings (SSSR count). The number of anilines is 1. The highest BCUT2D eigenvalue weighted by Crippen LogP contribution is 2.32. The number of para-hydroxylation sites is 1. The molecule has 1 aliphatic heterocycles. The zero-order valence-corrected chi connectivity index (χ0v) is 8.17. The van der Waals surface area contributed by atoms with E-state index in [1.54, 1.807) is 0 Å². The molecule has 14 heavy (non-hydrogen) atoms. The van der Waals surface area contributed by atoms with Gasteiger partial charge in [-0.25, -0.2) is 0 Å². The number of carbonyl (C=O) groups is 1. The quantitative estimate of drug-likeness (QED) is 0.776. The van der Waals surface area contributed by atoms with Crippen molar-refractivity contribution < 1.29 is 9.53 Å². The van der Waals surface area contributed by atoms with Crippen LogP contribution in [0.4, 0.5) is 5.69 Å². The second-order valence-corrected chi connectivity index (χ2v) is 3.27. The Labute approximate surface area is 83.1 Å². The lowest BCUT2D eigenvalue weighted by molar-refractivity contribution is -0.116. The van der Waals surface area contributed by atoms with Crippen molar-refractivity contribution in [3.8, 4) is 5.75 Å². The molecule has 3 nitrogen and oxygen atoms in total. The Morgan fingerprint density at radius 3 is 3.07 bits per heavy atom. The summed E-state index contributed by atoms with van der Waals surface area (Å²) in [4.78, 5) is 11.2. The highest BCUT2D eigenvalue weighted by atomic mass is 16.5. The van der Waals surface area contributed by atoms with Gasteiger partial charge < -0.3 is 10.1 Å². The van der Waals surface area contributed by atoms with Gasteiger partial charge in [-0.15, -0.1) is 0 Å². The molecular weight excluding hydrogens is 178 g/mol. The van der Waals surface area contributed by atoms with Crippen LogP contribution >= 0.6 is 0 Å². The van der Waals surface area contributed by atoms with E-state index in [2.05, 4.69) is 5.32 Å². The normalized spacial score (nSPS) is 14.5. The summed E-state index contributed by atoms with van der Waals surface area (Å²) >= 11 is 0. The number of amides is 1. The summed E-state index contributed by atoms with van der Waals surface area (Å²) in [5.74, 6) is 0.850. The van der Waals surface area contributed by atoms with Crippen molar-refractivity contribution in [2.24, 2.45) is 0 Å². The van der Waals surface area contributed by atoms with Gasteiger partial charge in [-0.3, -0.25) is 4.79 Å². The summed E-state index contributed by atoms with van der Waals surface area (Å²) in [6.45, 7) is 2.55.